The van der Waals surface area contributed by atoms with Crippen molar-refractivity contribution in [3.8, 4) is 5.75 Å². The minimum absolute atomic E-state index is 0.0153. The van der Waals surface area contributed by atoms with E-state index in [1.165, 1.54) is 10.7 Å². The van der Waals surface area contributed by atoms with Crippen molar-refractivity contribution >= 4 is 35.1 Å². The molecular weight excluding hydrogens is 474 g/mol. The molecular formula is C24H28ClN5O5. The number of hydrogen-bond acceptors (Lipinski definition) is 7. The van der Waals surface area contributed by atoms with E-state index in [2.05, 4.69) is 20.7 Å². The molecule has 2 aromatic heterocycles. The predicted molar refractivity (Wildman–Crippen MR) is 130 cm³/mol. The van der Waals surface area contributed by atoms with E-state index in [0.717, 1.165) is 11.1 Å². The van der Waals surface area contributed by atoms with Gasteiger partial charge in [0.1, 0.15) is 28.3 Å². The fraction of sp³-hybridized carbons (Fsp3) is 0.417. The molecule has 4 rings (SSSR count). The van der Waals surface area contributed by atoms with E-state index in [1.54, 1.807) is 33.0 Å². The third kappa shape index (κ3) is 5.43. The van der Waals surface area contributed by atoms with Crippen molar-refractivity contribution in [1.82, 2.24) is 19.9 Å². The number of amides is 1. The van der Waals surface area contributed by atoms with E-state index in [9.17, 15) is 14.7 Å². The van der Waals surface area contributed by atoms with Crippen molar-refractivity contribution in [2.75, 3.05) is 11.9 Å². The maximum atomic E-state index is 12.1. The summed E-state index contributed by atoms with van der Waals surface area (Å²) < 4.78 is 13.1. The van der Waals surface area contributed by atoms with Crippen LogP contribution in [-0.4, -0.2) is 49.5 Å². The van der Waals surface area contributed by atoms with Gasteiger partial charge in [0.25, 0.3) is 0 Å². The lowest BCUT2D eigenvalue weighted by Gasteiger charge is -2.27. The largest absolute Gasteiger partial charge is 0.485 e. The molecule has 0 radical (unpaired) electrons. The molecule has 1 amide bonds. The summed E-state index contributed by atoms with van der Waals surface area (Å²) in [5, 5.41) is 20.0. The summed E-state index contributed by atoms with van der Waals surface area (Å²) in [6.45, 7) is 9.53. The van der Waals surface area contributed by atoms with Gasteiger partial charge in [0.15, 0.2) is 5.65 Å². The zero-order valence-corrected chi connectivity index (χ0v) is 20.9. The van der Waals surface area contributed by atoms with Crippen molar-refractivity contribution in [1.29, 1.82) is 0 Å². The van der Waals surface area contributed by atoms with Gasteiger partial charge in [0, 0.05) is 28.8 Å². The molecule has 3 N–H and O–H groups in total. The van der Waals surface area contributed by atoms with Gasteiger partial charge in [-0.3, -0.25) is 0 Å². The van der Waals surface area contributed by atoms with Crippen LogP contribution in [0.4, 0.5) is 10.6 Å². The number of carboxylic acid groups (broad SMARTS) is 1. The maximum Gasteiger partial charge on any atom is 0.407 e. The molecule has 0 bridgehead atoms. The summed E-state index contributed by atoms with van der Waals surface area (Å²) >= 11 is 6.42. The number of rotatable bonds is 6. The van der Waals surface area contributed by atoms with Crippen LogP contribution in [0, 0.1) is 0 Å². The molecule has 1 unspecified atom stereocenters. The van der Waals surface area contributed by atoms with E-state index < -0.39 is 23.3 Å². The second-order valence-electron chi connectivity index (χ2n) is 9.88. The molecule has 1 aromatic carbocycles. The normalized spacial score (nSPS) is 18.0. The van der Waals surface area contributed by atoms with Crippen LogP contribution < -0.4 is 15.4 Å². The van der Waals surface area contributed by atoms with Crippen LogP contribution in [0.1, 0.15) is 62.1 Å². The van der Waals surface area contributed by atoms with Crippen molar-refractivity contribution < 1.29 is 24.2 Å². The second kappa shape index (κ2) is 8.92. The molecule has 0 fully saturated rings. The number of carbonyl (C=O) groups excluding carboxylic acids is 1. The van der Waals surface area contributed by atoms with Gasteiger partial charge in [-0.25, -0.2) is 19.1 Å². The molecule has 3 aromatic rings. The van der Waals surface area contributed by atoms with E-state index in [4.69, 9.17) is 21.1 Å². The molecule has 11 heteroatoms. The van der Waals surface area contributed by atoms with Gasteiger partial charge in [-0.2, -0.15) is 5.10 Å². The van der Waals surface area contributed by atoms with Crippen molar-refractivity contribution in [3.05, 3.63) is 52.3 Å². The van der Waals surface area contributed by atoms with Gasteiger partial charge in [-0.05, 0) is 52.8 Å². The van der Waals surface area contributed by atoms with Crippen molar-refractivity contribution in [3.63, 3.8) is 0 Å². The molecule has 35 heavy (non-hydrogen) atoms. The Morgan fingerprint density at radius 2 is 2.11 bits per heavy atom. The van der Waals surface area contributed by atoms with Crippen LogP contribution in [0.15, 0.2) is 30.6 Å². The number of alkyl carbamates (subject to hydrolysis) is 1. The third-order valence-electron chi connectivity index (χ3n) is 5.51. The topological polar surface area (TPSA) is 127 Å². The van der Waals surface area contributed by atoms with E-state index >= 15 is 0 Å². The number of carboxylic acids is 1. The van der Waals surface area contributed by atoms with Gasteiger partial charge in [0.05, 0.1) is 18.8 Å². The number of hydrogen-bond donors (Lipinski definition) is 3. The Labute approximate surface area is 207 Å². The average Bonchev–Trinajstić information content (AvgIpc) is 3.31. The standard InChI is InChI=1S/C24H28ClN5O5/c1-13(28-18-6-7-30-20(29-18)17(11-27-30)21(31)32)16-9-15(25)8-14-10-24(5,34-19(14)16)12-26-22(33)35-23(2,3)4/h6-9,11,13H,10,12H2,1-5H3,(H,26,33)(H,28,29)(H,31,32)/t13-,24?/m1/s1. The first-order valence-corrected chi connectivity index (χ1v) is 11.5. The first-order chi connectivity index (χ1) is 16.3. The van der Waals surface area contributed by atoms with Gasteiger partial charge in [-0.1, -0.05) is 11.6 Å². The number of nitrogens with one attached hydrogen (secondary N) is 2. The Hall–Kier alpha value is -3.53. The number of benzene rings is 1. The van der Waals surface area contributed by atoms with Crippen LogP contribution in [0.2, 0.25) is 5.02 Å². The minimum Gasteiger partial charge on any atom is -0.485 e. The van der Waals surface area contributed by atoms with Gasteiger partial charge in [-0.15, -0.1) is 0 Å². The molecule has 1 aliphatic heterocycles. The van der Waals surface area contributed by atoms with E-state index in [-0.39, 0.29) is 23.8 Å². The summed E-state index contributed by atoms with van der Waals surface area (Å²) in [6.07, 6.45) is 2.96. The highest BCUT2D eigenvalue weighted by atomic mass is 35.5. The highest BCUT2D eigenvalue weighted by Crippen LogP contribution is 2.42. The fourth-order valence-electron chi connectivity index (χ4n) is 4.01. The quantitative estimate of drug-likeness (QED) is 0.451. The number of aromatic carboxylic acids is 1. The number of halogens is 1. The number of fused-ring (bicyclic) bond motifs is 2. The van der Waals surface area contributed by atoms with Crippen LogP contribution in [-0.2, 0) is 11.2 Å². The highest BCUT2D eigenvalue weighted by molar-refractivity contribution is 6.30. The van der Waals surface area contributed by atoms with Crippen LogP contribution in [0.5, 0.6) is 5.75 Å². The number of nitrogens with zero attached hydrogens (tertiary/aromatic N) is 3. The van der Waals surface area contributed by atoms with Crippen LogP contribution in [0.3, 0.4) is 0 Å². The van der Waals surface area contributed by atoms with Crippen molar-refractivity contribution in [2.24, 2.45) is 0 Å². The first-order valence-electron chi connectivity index (χ1n) is 11.2. The lowest BCUT2D eigenvalue weighted by molar-refractivity contribution is 0.0447. The van der Waals surface area contributed by atoms with Crippen molar-refractivity contribution in [2.45, 2.75) is 58.3 Å². The molecule has 2 atom stereocenters. The number of carbonyl (C=O) groups is 2. The average molecular weight is 502 g/mol. The monoisotopic (exact) mass is 501 g/mol. The lowest BCUT2D eigenvalue weighted by Crippen LogP contribution is -2.45. The summed E-state index contributed by atoms with van der Waals surface area (Å²) in [5.41, 5.74) is 0.739. The highest BCUT2D eigenvalue weighted by Gasteiger charge is 2.38. The Morgan fingerprint density at radius 1 is 1.37 bits per heavy atom. The Morgan fingerprint density at radius 3 is 2.80 bits per heavy atom. The number of aromatic nitrogens is 3. The summed E-state index contributed by atoms with van der Waals surface area (Å²) in [7, 11) is 0. The molecule has 0 saturated carbocycles. The first kappa shape index (κ1) is 24.6. The maximum absolute atomic E-state index is 12.1. The van der Waals surface area contributed by atoms with Crippen LogP contribution >= 0.6 is 11.6 Å². The zero-order valence-electron chi connectivity index (χ0n) is 20.2. The Bertz CT molecular complexity index is 1300. The second-order valence-corrected chi connectivity index (χ2v) is 10.3. The molecule has 1 aliphatic rings. The summed E-state index contributed by atoms with van der Waals surface area (Å²) in [4.78, 5) is 28.0. The zero-order chi connectivity index (χ0) is 25.5. The Balaban J connectivity index is 1.53. The smallest absolute Gasteiger partial charge is 0.407 e. The van der Waals surface area contributed by atoms with Gasteiger partial charge >= 0.3 is 12.1 Å². The molecule has 0 aliphatic carbocycles. The molecule has 0 saturated heterocycles. The molecule has 3 heterocycles. The predicted octanol–water partition coefficient (Wildman–Crippen LogP) is 4.47. The van der Waals surface area contributed by atoms with E-state index in [0.29, 0.717) is 23.0 Å². The molecule has 10 nitrogen and oxygen atoms in total. The number of ether oxygens (including phenoxy) is 2. The lowest BCUT2D eigenvalue weighted by atomic mass is 9.97. The SMILES string of the molecule is C[C@@H](Nc1ccn2ncc(C(=O)O)c2n1)c1cc(Cl)cc2c1OC(C)(CNC(=O)OC(C)(C)C)C2. The minimum atomic E-state index is -1.10. The molecule has 186 valence electrons. The van der Waals surface area contributed by atoms with Gasteiger partial charge in [0.2, 0.25) is 0 Å². The van der Waals surface area contributed by atoms with E-state index in [1.807, 2.05) is 26.0 Å². The third-order valence-corrected chi connectivity index (χ3v) is 5.73. The van der Waals surface area contributed by atoms with Gasteiger partial charge < -0.3 is 25.2 Å². The Kier molecular flexibility index (Phi) is 6.27. The molecule has 0 spiro atoms. The van der Waals surface area contributed by atoms with Crippen LogP contribution in [0.25, 0.3) is 5.65 Å². The fourth-order valence-corrected chi connectivity index (χ4v) is 4.26. The summed E-state index contributed by atoms with van der Waals surface area (Å²) in [5.74, 6) is 0.0756. The number of anilines is 1. The summed E-state index contributed by atoms with van der Waals surface area (Å²) in [6, 6.07) is 5.13.